The van der Waals surface area contributed by atoms with E-state index >= 15 is 0 Å². The van der Waals surface area contributed by atoms with Crippen LogP contribution in [0.1, 0.15) is 0 Å². The van der Waals surface area contributed by atoms with Crippen molar-refractivity contribution in [1.29, 1.82) is 0 Å². The summed E-state index contributed by atoms with van der Waals surface area (Å²) in [6.07, 6.45) is 0. The van der Waals surface area contributed by atoms with Gasteiger partial charge in [-0.3, -0.25) is 0 Å². The third-order valence-electron chi connectivity index (χ3n) is 9.22. The molecule has 10 aromatic rings. The second-order valence-electron chi connectivity index (χ2n) is 12.1. The minimum Gasteiger partial charge on any atom is -0.309 e. The van der Waals surface area contributed by atoms with Crippen molar-refractivity contribution < 1.29 is 0 Å². The standard InChI is InChI=1S/C43H26N4S/c1-3-12-27(13-4-1)41-44-42(28-14-5-2-6-15-28)46-43(45-41)33-19-11-21-39-40(33)35-26-31(22-23-38(35)48-39)47-36-20-10-9-18-32(36)34-24-29-16-7-8-17-30(29)25-37(34)47/h1-26H. The van der Waals surface area contributed by atoms with E-state index in [1.807, 2.05) is 36.4 Å². The van der Waals surface area contributed by atoms with Gasteiger partial charge >= 0.3 is 0 Å². The second kappa shape index (κ2) is 10.7. The largest absolute Gasteiger partial charge is 0.309 e. The molecule has 10 rings (SSSR count). The minimum absolute atomic E-state index is 0.661. The Balaban J connectivity index is 1.23. The average Bonchev–Trinajstić information content (AvgIpc) is 3.69. The summed E-state index contributed by atoms with van der Waals surface area (Å²) >= 11 is 1.81. The number of hydrogen-bond donors (Lipinski definition) is 0. The van der Waals surface area contributed by atoms with E-state index in [9.17, 15) is 0 Å². The first-order valence-electron chi connectivity index (χ1n) is 16.0. The fourth-order valence-corrected chi connectivity index (χ4v) is 8.12. The quantitative estimate of drug-likeness (QED) is 0.194. The number of rotatable bonds is 4. The van der Waals surface area contributed by atoms with Crippen molar-refractivity contribution in [2.75, 3.05) is 0 Å². The maximum Gasteiger partial charge on any atom is 0.164 e. The molecule has 224 valence electrons. The predicted octanol–water partition coefficient (Wildman–Crippen LogP) is 11.5. The van der Waals surface area contributed by atoms with Crippen LogP contribution in [-0.4, -0.2) is 19.5 Å². The molecule has 3 aromatic heterocycles. The molecular formula is C43H26N4S. The van der Waals surface area contributed by atoms with Crippen LogP contribution in [0.5, 0.6) is 0 Å². The Morgan fingerprint density at radius 1 is 0.417 bits per heavy atom. The predicted molar refractivity (Wildman–Crippen MR) is 201 cm³/mol. The van der Waals surface area contributed by atoms with Crippen molar-refractivity contribution in [3.8, 4) is 39.9 Å². The topological polar surface area (TPSA) is 43.6 Å². The molecule has 0 N–H and O–H groups in total. The van der Waals surface area contributed by atoms with Gasteiger partial charge in [0.1, 0.15) is 0 Å². The minimum atomic E-state index is 0.661. The van der Waals surface area contributed by atoms with Crippen LogP contribution in [0, 0.1) is 0 Å². The third kappa shape index (κ3) is 4.25. The number of thiophene rings is 1. The van der Waals surface area contributed by atoms with Crippen molar-refractivity contribution in [1.82, 2.24) is 19.5 Å². The normalized spacial score (nSPS) is 11.8. The van der Waals surface area contributed by atoms with E-state index in [1.54, 1.807) is 11.3 Å². The molecule has 7 aromatic carbocycles. The zero-order valence-corrected chi connectivity index (χ0v) is 26.5. The highest BCUT2D eigenvalue weighted by molar-refractivity contribution is 7.25. The number of aromatic nitrogens is 4. The molecule has 0 unspecified atom stereocenters. The Bertz CT molecular complexity index is 2780. The van der Waals surface area contributed by atoms with Gasteiger partial charge in [-0.25, -0.2) is 15.0 Å². The third-order valence-corrected chi connectivity index (χ3v) is 10.4. The maximum atomic E-state index is 5.10. The lowest BCUT2D eigenvalue weighted by Crippen LogP contribution is -2.00. The lowest BCUT2D eigenvalue weighted by atomic mass is 10.0. The molecule has 0 spiro atoms. The molecule has 3 heterocycles. The molecule has 0 saturated carbocycles. The van der Waals surface area contributed by atoms with Crippen LogP contribution >= 0.6 is 11.3 Å². The van der Waals surface area contributed by atoms with Crippen LogP contribution in [0.3, 0.4) is 0 Å². The summed E-state index contributed by atoms with van der Waals surface area (Å²) in [4.78, 5) is 15.1. The number of fused-ring (bicyclic) bond motifs is 7. The van der Waals surface area contributed by atoms with Gasteiger partial charge in [-0.05, 0) is 53.2 Å². The molecule has 0 aliphatic carbocycles. The molecular weight excluding hydrogens is 605 g/mol. The van der Waals surface area contributed by atoms with Gasteiger partial charge in [-0.2, -0.15) is 0 Å². The summed E-state index contributed by atoms with van der Waals surface area (Å²) in [6.45, 7) is 0. The number of benzene rings is 7. The zero-order chi connectivity index (χ0) is 31.6. The molecule has 0 radical (unpaired) electrons. The Hall–Kier alpha value is -6.17. The summed E-state index contributed by atoms with van der Waals surface area (Å²) in [7, 11) is 0. The number of nitrogens with zero attached hydrogens (tertiary/aromatic N) is 4. The smallest absolute Gasteiger partial charge is 0.164 e. The van der Waals surface area contributed by atoms with Gasteiger partial charge in [0.05, 0.1) is 11.0 Å². The van der Waals surface area contributed by atoms with E-state index in [0.717, 1.165) is 27.8 Å². The van der Waals surface area contributed by atoms with Gasteiger partial charge in [0.2, 0.25) is 0 Å². The highest BCUT2D eigenvalue weighted by Crippen LogP contribution is 2.42. The summed E-state index contributed by atoms with van der Waals surface area (Å²) in [6, 6.07) is 55.6. The first kappa shape index (κ1) is 27.0. The summed E-state index contributed by atoms with van der Waals surface area (Å²) in [5.41, 5.74) is 6.44. The second-order valence-corrected chi connectivity index (χ2v) is 13.2. The van der Waals surface area contributed by atoms with Gasteiger partial charge in [-0.15, -0.1) is 11.3 Å². The van der Waals surface area contributed by atoms with Crippen LogP contribution in [-0.2, 0) is 0 Å². The highest BCUT2D eigenvalue weighted by atomic mass is 32.1. The average molecular weight is 631 g/mol. The van der Waals surface area contributed by atoms with E-state index in [2.05, 4.69) is 126 Å². The SMILES string of the molecule is c1ccc(-c2nc(-c3ccccc3)nc(-c3cccc4sc5ccc(-n6c7ccccc7c7cc8ccccc8cc76)cc5c34)n2)cc1. The number of para-hydroxylation sites is 1. The van der Waals surface area contributed by atoms with E-state index in [0.29, 0.717) is 17.5 Å². The van der Waals surface area contributed by atoms with Gasteiger partial charge in [-0.1, -0.05) is 115 Å². The monoisotopic (exact) mass is 630 g/mol. The van der Waals surface area contributed by atoms with Crippen LogP contribution < -0.4 is 0 Å². The Morgan fingerprint density at radius 3 is 1.81 bits per heavy atom. The summed E-state index contributed by atoms with van der Waals surface area (Å²) < 4.78 is 4.84. The van der Waals surface area contributed by atoms with Crippen molar-refractivity contribution in [2.45, 2.75) is 0 Å². The molecule has 0 bridgehead atoms. The molecule has 0 saturated heterocycles. The van der Waals surface area contributed by atoms with E-state index in [1.165, 1.54) is 47.4 Å². The Labute approximate surface area is 280 Å². The Morgan fingerprint density at radius 2 is 1.06 bits per heavy atom. The van der Waals surface area contributed by atoms with Crippen molar-refractivity contribution >= 4 is 64.1 Å². The van der Waals surface area contributed by atoms with Gasteiger partial charge in [0.15, 0.2) is 17.5 Å². The zero-order valence-electron chi connectivity index (χ0n) is 25.7. The first-order valence-corrected chi connectivity index (χ1v) is 16.9. The van der Waals surface area contributed by atoms with Gasteiger partial charge in [0.25, 0.3) is 0 Å². The van der Waals surface area contributed by atoms with Crippen LogP contribution in [0.4, 0.5) is 0 Å². The first-order chi connectivity index (χ1) is 23.8. The lowest BCUT2D eigenvalue weighted by Gasteiger charge is -2.11. The van der Waals surface area contributed by atoms with Crippen LogP contribution in [0.25, 0.3) is 92.6 Å². The van der Waals surface area contributed by atoms with Crippen molar-refractivity contribution in [3.05, 3.63) is 158 Å². The van der Waals surface area contributed by atoms with Gasteiger partial charge in [0, 0.05) is 53.3 Å². The highest BCUT2D eigenvalue weighted by Gasteiger charge is 2.19. The van der Waals surface area contributed by atoms with Crippen molar-refractivity contribution in [3.63, 3.8) is 0 Å². The molecule has 0 aliphatic rings. The van der Waals surface area contributed by atoms with E-state index in [-0.39, 0.29) is 0 Å². The fraction of sp³-hybridized carbons (Fsp3) is 0. The maximum absolute atomic E-state index is 5.10. The molecule has 0 atom stereocenters. The summed E-state index contributed by atoms with van der Waals surface area (Å²) in [5.74, 6) is 1.99. The molecule has 0 amide bonds. The van der Waals surface area contributed by atoms with Crippen molar-refractivity contribution in [2.24, 2.45) is 0 Å². The lowest BCUT2D eigenvalue weighted by molar-refractivity contribution is 1.08. The molecule has 5 heteroatoms. The molecule has 48 heavy (non-hydrogen) atoms. The summed E-state index contributed by atoms with van der Waals surface area (Å²) in [5, 5.41) is 7.34. The van der Waals surface area contributed by atoms with Gasteiger partial charge < -0.3 is 4.57 Å². The van der Waals surface area contributed by atoms with Crippen LogP contribution in [0.15, 0.2) is 158 Å². The fourth-order valence-electron chi connectivity index (χ4n) is 7.00. The van der Waals surface area contributed by atoms with E-state index < -0.39 is 0 Å². The molecule has 4 nitrogen and oxygen atoms in total. The number of hydrogen-bond acceptors (Lipinski definition) is 4. The Kier molecular flexibility index (Phi) is 6.01. The molecule has 0 fully saturated rings. The van der Waals surface area contributed by atoms with E-state index in [4.69, 9.17) is 15.0 Å². The van der Waals surface area contributed by atoms with Crippen LogP contribution in [0.2, 0.25) is 0 Å². The molecule has 0 aliphatic heterocycles.